The highest BCUT2D eigenvalue weighted by molar-refractivity contribution is 5.90. The van der Waals surface area contributed by atoms with Crippen LogP contribution in [0.5, 0.6) is 11.8 Å². The maximum Gasteiger partial charge on any atom is 0.221 e. The summed E-state index contributed by atoms with van der Waals surface area (Å²) in [6, 6.07) is 10.7. The number of nitrogens with zero attached hydrogens (tertiary/aromatic N) is 1. The van der Waals surface area contributed by atoms with Gasteiger partial charge in [-0.15, -0.1) is 0 Å². The Morgan fingerprint density at radius 2 is 1.94 bits per heavy atom. The van der Waals surface area contributed by atoms with Gasteiger partial charge < -0.3 is 15.5 Å². The van der Waals surface area contributed by atoms with Crippen LogP contribution in [0.4, 0.5) is 5.69 Å². The molecule has 0 aliphatic heterocycles. The lowest BCUT2D eigenvalue weighted by Crippen LogP contribution is -2.05. The Hall–Kier alpha value is -2.43. The molecular weight excluding hydrogens is 232 g/mol. The summed E-state index contributed by atoms with van der Waals surface area (Å²) >= 11 is 0. The van der Waals surface area contributed by atoms with E-state index in [0.717, 1.165) is 5.56 Å². The van der Waals surface area contributed by atoms with E-state index >= 15 is 0 Å². The van der Waals surface area contributed by atoms with Gasteiger partial charge in [-0.25, -0.2) is 0 Å². The number of rotatable bonds is 3. The highest BCUT2D eigenvalue weighted by Gasteiger charge is 2.14. The smallest absolute Gasteiger partial charge is 0.221 e. The molecule has 0 aliphatic carbocycles. The second kappa shape index (κ2) is 4.83. The Kier molecular flexibility index (Phi) is 3.23. The molecule has 0 fully saturated rings. The number of carbonyl (C=O) groups is 1. The van der Waals surface area contributed by atoms with E-state index in [1.807, 2.05) is 30.3 Å². The summed E-state index contributed by atoms with van der Waals surface area (Å²) in [6.45, 7) is 1.67. The normalized spacial score (nSPS) is 10.3. The molecule has 2 rings (SSSR count). The first kappa shape index (κ1) is 12.0. The lowest BCUT2D eigenvalue weighted by Gasteiger charge is -2.07. The Labute approximate surface area is 104 Å². The molecule has 0 aliphatic rings. The lowest BCUT2D eigenvalue weighted by molar-refractivity contribution is -0.114. The Morgan fingerprint density at radius 3 is 2.56 bits per heavy atom. The van der Waals surface area contributed by atoms with Crippen molar-refractivity contribution < 1.29 is 15.0 Å². The summed E-state index contributed by atoms with van der Waals surface area (Å²) in [5.41, 5.74) is 1.14. The van der Waals surface area contributed by atoms with Gasteiger partial charge in [0.2, 0.25) is 11.8 Å². The van der Waals surface area contributed by atoms with Gasteiger partial charge in [0.05, 0.1) is 6.54 Å². The van der Waals surface area contributed by atoms with Gasteiger partial charge in [-0.3, -0.25) is 9.36 Å². The van der Waals surface area contributed by atoms with Gasteiger partial charge in [0.1, 0.15) is 5.69 Å². The third-order valence-electron chi connectivity index (χ3n) is 2.54. The predicted molar refractivity (Wildman–Crippen MR) is 67.6 cm³/mol. The fourth-order valence-electron chi connectivity index (χ4n) is 1.73. The fraction of sp³-hybridized carbons (Fsp3) is 0.154. The maximum atomic E-state index is 10.9. The van der Waals surface area contributed by atoms with E-state index in [1.54, 1.807) is 0 Å². The first-order chi connectivity index (χ1) is 8.58. The van der Waals surface area contributed by atoms with Crippen LogP contribution >= 0.6 is 0 Å². The average molecular weight is 246 g/mol. The molecule has 94 valence electrons. The molecule has 0 radical (unpaired) electrons. The topological polar surface area (TPSA) is 74.5 Å². The van der Waals surface area contributed by atoms with Crippen LogP contribution in [0, 0.1) is 0 Å². The minimum absolute atomic E-state index is 0.0971. The molecule has 0 saturated carbocycles. The molecule has 1 amide bonds. The molecule has 3 N–H and O–H groups in total. The van der Waals surface area contributed by atoms with Gasteiger partial charge in [-0.05, 0) is 5.56 Å². The highest BCUT2D eigenvalue weighted by Crippen LogP contribution is 2.32. The quantitative estimate of drug-likeness (QED) is 0.774. The Balaban J connectivity index is 2.28. The van der Waals surface area contributed by atoms with Gasteiger partial charge in [-0.1, -0.05) is 30.3 Å². The summed E-state index contributed by atoms with van der Waals surface area (Å²) in [6.07, 6.45) is 0. The lowest BCUT2D eigenvalue weighted by atomic mass is 10.2. The van der Waals surface area contributed by atoms with E-state index in [4.69, 9.17) is 0 Å². The molecule has 5 heteroatoms. The number of benzene rings is 1. The molecule has 1 heterocycles. The number of carbonyl (C=O) groups excluding carboxylic acids is 1. The van der Waals surface area contributed by atoms with Crippen LogP contribution in [0.2, 0.25) is 0 Å². The minimum atomic E-state index is -0.304. The van der Waals surface area contributed by atoms with Crippen molar-refractivity contribution in [1.82, 2.24) is 4.57 Å². The zero-order chi connectivity index (χ0) is 13.1. The van der Waals surface area contributed by atoms with Crippen molar-refractivity contribution in [2.45, 2.75) is 13.5 Å². The average Bonchev–Trinajstić information content (AvgIpc) is 2.58. The molecule has 0 bridgehead atoms. The molecule has 1 aromatic heterocycles. The zero-order valence-corrected chi connectivity index (χ0v) is 9.92. The molecule has 18 heavy (non-hydrogen) atoms. The monoisotopic (exact) mass is 246 g/mol. The van der Waals surface area contributed by atoms with E-state index < -0.39 is 0 Å². The number of aromatic nitrogens is 1. The molecular formula is C13H14N2O3. The molecule has 5 nitrogen and oxygen atoms in total. The van der Waals surface area contributed by atoms with Crippen molar-refractivity contribution in [3.8, 4) is 11.8 Å². The predicted octanol–water partition coefficient (Wildman–Crippen LogP) is 1.91. The van der Waals surface area contributed by atoms with E-state index in [0.29, 0.717) is 6.54 Å². The Morgan fingerprint density at radius 1 is 1.28 bits per heavy atom. The summed E-state index contributed by atoms with van der Waals surface area (Å²) in [7, 11) is 0. The first-order valence-corrected chi connectivity index (χ1v) is 5.51. The molecule has 1 aromatic carbocycles. The SMILES string of the molecule is CC(=O)Nc1cc(O)n(Cc2ccccc2)c1O. The molecule has 0 atom stereocenters. The number of nitrogens with one attached hydrogen (secondary N) is 1. The molecule has 2 aromatic rings. The van der Waals surface area contributed by atoms with Crippen molar-refractivity contribution in [2.24, 2.45) is 0 Å². The summed E-state index contributed by atoms with van der Waals surface area (Å²) < 4.78 is 1.32. The van der Waals surface area contributed by atoms with E-state index in [9.17, 15) is 15.0 Å². The number of aromatic hydroxyl groups is 2. The largest absolute Gasteiger partial charge is 0.494 e. The maximum absolute atomic E-state index is 10.9. The standard InChI is InChI=1S/C13H14N2O3/c1-9(16)14-11-7-12(17)15(13(11)18)8-10-5-3-2-4-6-10/h2-7,17-18H,8H2,1H3,(H,14,16). The molecule has 0 unspecified atom stereocenters. The minimum Gasteiger partial charge on any atom is -0.494 e. The van der Waals surface area contributed by atoms with Crippen molar-refractivity contribution >= 4 is 11.6 Å². The highest BCUT2D eigenvalue weighted by atomic mass is 16.3. The van der Waals surface area contributed by atoms with Crippen molar-refractivity contribution in [3.05, 3.63) is 42.0 Å². The number of amides is 1. The van der Waals surface area contributed by atoms with Gasteiger partial charge in [0.15, 0.2) is 5.88 Å². The number of hydrogen-bond donors (Lipinski definition) is 3. The van der Waals surface area contributed by atoms with Crippen LogP contribution in [0.1, 0.15) is 12.5 Å². The number of anilines is 1. The van der Waals surface area contributed by atoms with Crippen LogP contribution in [0.25, 0.3) is 0 Å². The van der Waals surface area contributed by atoms with Crippen LogP contribution in [0.15, 0.2) is 36.4 Å². The van der Waals surface area contributed by atoms with E-state index in [-0.39, 0.29) is 23.4 Å². The summed E-state index contributed by atoms with van der Waals surface area (Å²) in [5.74, 6) is -0.561. The third-order valence-corrected chi connectivity index (χ3v) is 2.54. The van der Waals surface area contributed by atoms with Gasteiger partial charge in [0.25, 0.3) is 0 Å². The second-order valence-corrected chi connectivity index (χ2v) is 3.99. The summed E-state index contributed by atoms with van der Waals surface area (Å²) in [4.78, 5) is 10.9. The first-order valence-electron chi connectivity index (χ1n) is 5.51. The van der Waals surface area contributed by atoms with E-state index in [2.05, 4.69) is 5.32 Å². The van der Waals surface area contributed by atoms with Crippen molar-refractivity contribution in [1.29, 1.82) is 0 Å². The van der Waals surface area contributed by atoms with Gasteiger partial charge in [-0.2, -0.15) is 0 Å². The zero-order valence-electron chi connectivity index (χ0n) is 9.92. The third kappa shape index (κ3) is 2.45. The van der Waals surface area contributed by atoms with Crippen LogP contribution in [-0.2, 0) is 11.3 Å². The van der Waals surface area contributed by atoms with Crippen LogP contribution < -0.4 is 5.32 Å². The second-order valence-electron chi connectivity index (χ2n) is 3.99. The summed E-state index contributed by atoms with van der Waals surface area (Å²) in [5, 5.41) is 22.1. The molecule has 0 spiro atoms. The molecule has 0 saturated heterocycles. The van der Waals surface area contributed by atoms with Crippen molar-refractivity contribution in [3.63, 3.8) is 0 Å². The van der Waals surface area contributed by atoms with Crippen LogP contribution in [0.3, 0.4) is 0 Å². The number of hydrogen-bond acceptors (Lipinski definition) is 3. The van der Waals surface area contributed by atoms with Crippen molar-refractivity contribution in [2.75, 3.05) is 5.32 Å². The Bertz CT molecular complexity index is 561. The fourth-order valence-corrected chi connectivity index (χ4v) is 1.73. The van der Waals surface area contributed by atoms with Gasteiger partial charge in [0, 0.05) is 13.0 Å². The van der Waals surface area contributed by atoms with E-state index in [1.165, 1.54) is 17.6 Å². The van der Waals surface area contributed by atoms with Crippen LogP contribution in [-0.4, -0.2) is 20.7 Å². The van der Waals surface area contributed by atoms with Gasteiger partial charge >= 0.3 is 0 Å².